The lowest BCUT2D eigenvalue weighted by atomic mass is 9.79. The molecule has 21 heavy (non-hydrogen) atoms. The second-order valence-corrected chi connectivity index (χ2v) is 10.9. The summed E-state index contributed by atoms with van der Waals surface area (Å²) in [5.41, 5.74) is 0.690. The highest BCUT2D eigenvalue weighted by molar-refractivity contribution is 5.18. The first kappa shape index (κ1) is 19.0. The largest absolute Gasteiger partial charge is 0.275 e. The highest BCUT2D eigenvalue weighted by atomic mass is 15.5. The van der Waals surface area contributed by atoms with Gasteiger partial charge in [-0.25, -0.2) is 0 Å². The maximum absolute atomic E-state index is 2.76. The molecule has 0 radical (unpaired) electrons. The quantitative estimate of drug-likeness (QED) is 0.611. The third-order valence-electron chi connectivity index (χ3n) is 5.41. The van der Waals surface area contributed by atoms with Gasteiger partial charge in [0.25, 0.3) is 0 Å². The van der Waals surface area contributed by atoms with Crippen LogP contribution in [-0.2, 0) is 0 Å². The number of nitrogens with zero attached hydrogens (tertiary/aromatic N) is 2. The Morgan fingerprint density at radius 1 is 0.571 bits per heavy atom. The Bertz CT molecular complexity index is 353. The van der Waals surface area contributed by atoms with Crippen molar-refractivity contribution in [2.24, 2.45) is 5.41 Å². The molecule has 2 heteroatoms. The van der Waals surface area contributed by atoms with Crippen molar-refractivity contribution in [1.82, 2.24) is 9.80 Å². The average molecular weight is 297 g/mol. The highest BCUT2D eigenvalue weighted by Gasteiger charge is 2.64. The molecule has 0 amide bonds. The van der Waals surface area contributed by atoms with E-state index < -0.39 is 0 Å². The molecule has 1 heterocycles. The summed E-state index contributed by atoms with van der Waals surface area (Å²) < 4.78 is 0. The summed E-state index contributed by atoms with van der Waals surface area (Å²) in [6, 6.07) is 0. The molecule has 0 saturated carbocycles. The summed E-state index contributed by atoms with van der Waals surface area (Å²) in [6.07, 6.45) is 0.419. The molecular weight excluding hydrogens is 256 g/mol. The minimum absolute atomic E-state index is 0.108. The summed E-state index contributed by atoms with van der Waals surface area (Å²) >= 11 is 0. The second kappa shape index (κ2) is 4.71. The molecule has 0 N–H and O–H groups in total. The first-order valence-corrected chi connectivity index (χ1v) is 8.45. The fourth-order valence-corrected chi connectivity index (χ4v) is 4.50. The molecule has 0 aliphatic carbocycles. The summed E-state index contributed by atoms with van der Waals surface area (Å²) in [4.78, 5) is 5.51. The molecule has 2 nitrogen and oxygen atoms in total. The summed E-state index contributed by atoms with van der Waals surface area (Å²) in [6.45, 7) is 31.0. The molecule has 126 valence electrons. The first-order valence-electron chi connectivity index (χ1n) is 8.45. The van der Waals surface area contributed by atoms with Crippen molar-refractivity contribution in [1.29, 1.82) is 0 Å². The van der Waals surface area contributed by atoms with Crippen LogP contribution in [0.15, 0.2) is 0 Å². The first-order chi connectivity index (χ1) is 8.86. The Morgan fingerprint density at radius 3 is 0.952 bits per heavy atom. The van der Waals surface area contributed by atoms with Gasteiger partial charge in [-0.05, 0) is 74.7 Å². The minimum Gasteiger partial charge on any atom is -0.275 e. The lowest BCUT2D eigenvalue weighted by molar-refractivity contribution is -0.0714. The van der Waals surface area contributed by atoms with Gasteiger partial charge in [-0.1, -0.05) is 20.8 Å². The van der Waals surface area contributed by atoms with Crippen molar-refractivity contribution >= 4 is 0 Å². The van der Waals surface area contributed by atoms with Gasteiger partial charge in [-0.3, -0.25) is 9.80 Å². The van der Waals surface area contributed by atoms with Gasteiger partial charge in [0.05, 0.1) is 6.17 Å². The normalized spacial score (nSPS) is 25.6. The zero-order valence-electron chi connectivity index (χ0n) is 17.0. The lowest BCUT2D eigenvalue weighted by Gasteiger charge is -2.51. The van der Waals surface area contributed by atoms with E-state index in [0.29, 0.717) is 6.17 Å². The third kappa shape index (κ3) is 2.91. The van der Waals surface area contributed by atoms with Crippen LogP contribution in [0.3, 0.4) is 0 Å². The van der Waals surface area contributed by atoms with Crippen LogP contribution in [0.5, 0.6) is 0 Å². The van der Waals surface area contributed by atoms with E-state index in [1.54, 1.807) is 0 Å². The zero-order valence-corrected chi connectivity index (χ0v) is 17.0. The van der Waals surface area contributed by atoms with Gasteiger partial charge in [0, 0.05) is 22.2 Å². The molecule has 1 saturated heterocycles. The van der Waals surface area contributed by atoms with Crippen LogP contribution in [0.4, 0.5) is 0 Å². The Morgan fingerprint density at radius 2 is 0.810 bits per heavy atom. The van der Waals surface area contributed by atoms with Crippen molar-refractivity contribution in [3.05, 3.63) is 0 Å². The molecule has 0 aromatic rings. The van der Waals surface area contributed by atoms with Gasteiger partial charge >= 0.3 is 0 Å². The molecule has 0 spiro atoms. The number of rotatable bonds is 0. The minimum atomic E-state index is 0.108. The van der Waals surface area contributed by atoms with Crippen molar-refractivity contribution in [3.8, 4) is 0 Å². The standard InChI is InChI=1S/C19H40N2/c1-15(2,3)14-20(16(4,5)6)18(10,11)19(12,13)21(14)17(7,8)9/h14H,1-13H3. The SMILES string of the molecule is CC(C)(C)C1N(C(C)(C)C)C(C)(C)C(C)(C)N1C(C)(C)C. The van der Waals surface area contributed by atoms with E-state index in [9.17, 15) is 0 Å². The topological polar surface area (TPSA) is 6.48 Å². The Kier molecular flexibility index (Phi) is 4.25. The fraction of sp³-hybridized carbons (Fsp3) is 1.00. The van der Waals surface area contributed by atoms with Gasteiger partial charge < -0.3 is 0 Å². The van der Waals surface area contributed by atoms with Crippen molar-refractivity contribution in [3.63, 3.8) is 0 Å². The molecule has 1 aliphatic heterocycles. The zero-order chi connectivity index (χ0) is 17.2. The van der Waals surface area contributed by atoms with Gasteiger partial charge in [-0.2, -0.15) is 0 Å². The van der Waals surface area contributed by atoms with E-state index >= 15 is 0 Å². The Labute approximate surface area is 134 Å². The van der Waals surface area contributed by atoms with Crippen LogP contribution in [0.25, 0.3) is 0 Å². The number of hydrogen-bond acceptors (Lipinski definition) is 2. The van der Waals surface area contributed by atoms with E-state index in [-0.39, 0.29) is 27.6 Å². The summed E-state index contributed by atoms with van der Waals surface area (Å²) in [5.74, 6) is 0. The van der Waals surface area contributed by atoms with Crippen molar-refractivity contribution in [2.45, 2.75) is 118 Å². The van der Waals surface area contributed by atoms with E-state index in [1.807, 2.05) is 0 Å². The maximum atomic E-state index is 2.76. The molecule has 1 rings (SSSR count). The monoisotopic (exact) mass is 296 g/mol. The van der Waals surface area contributed by atoms with Crippen molar-refractivity contribution < 1.29 is 0 Å². The molecule has 0 atom stereocenters. The van der Waals surface area contributed by atoms with Crippen LogP contribution in [0.1, 0.15) is 90.0 Å². The smallest absolute Gasteiger partial charge is 0.0691 e. The molecule has 0 aromatic carbocycles. The molecule has 0 bridgehead atoms. The van der Waals surface area contributed by atoms with E-state index in [1.165, 1.54) is 0 Å². The van der Waals surface area contributed by atoms with Crippen LogP contribution >= 0.6 is 0 Å². The van der Waals surface area contributed by atoms with Crippen LogP contribution in [-0.4, -0.2) is 38.1 Å². The van der Waals surface area contributed by atoms with Crippen LogP contribution < -0.4 is 0 Å². The number of hydrogen-bond donors (Lipinski definition) is 0. The van der Waals surface area contributed by atoms with Gasteiger partial charge in [-0.15, -0.1) is 0 Å². The van der Waals surface area contributed by atoms with Gasteiger partial charge in [0.1, 0.15) is 0 Å². The Hall–Kier alpha value is -0.0800. The summed E-state index contributed by atoms with van der Waals surface area (Å²) in [7, 11) is 0. The molecule has 1 aliphatic rings. The fourth-order valence-electron chi connectivity index (χ4n) is 4.50. The third-order valence-corrected chi connectivity index (χ3v) is 5.41. The average Bonchev–Trinajstić information content (AvgIpc) is 2.26. The Balaban J connectivity index is 3.65. The second-order valence-electron chi connectivity index (χ2n) is 10.9. The molecular formula is C19H40N2. The van der Waals surface area contributed by atoms with Crippen molar-refractivity contribution in [2.75, 3.05) is 0 Å². The summed E-state index contributed by atoms with van der Waals surface area (Å²) in [5, 5.41) is 0. The van der Waals surface area contributed by atoms with Crippen LogP contribution in [0.2, 0.25) is 0 Å². The lowest BCUT2D eigenvalue weighted by Crippen LogP contribution is -2.60. The molecule has 1 fully saturated rings. The molecule has 0 aromatic heterocycles. The van der Waals surface area contributed by atoms with E-state index in [4.69, 9.17) is 0 Å². The van der Waals surface area contributed by atoms with Crippen LogP contribution in [0, 0.1) is 5.41 Å². The van der Waals surface area contributed by atoms with Gasteiger partial charge in [0.15, 0.2) is 0 Å². The van der Waals surface area contributed by atoms with E-state index in [2.05, 4.69) is 99.8 Å². The molecule has 0 unspecified atom stereocenters. The maximum Gasteiger partial charge on any atom is 0.0691 e. The van der Waals surface area contributed by atoms with E-state index in [0.717, 1.165) is 0 Å². The predicted octanol–water partition coefficient (Wildman–Crippen LogP) is 5.13. The predicted molar refractivity (Wildman–Crippen MR) is 94.6 cm³/mol. The highest BCUT2D eigenvalue weighted by Crippen LogP contribution is 2.54. The van der Waals surface area contributed by atoms with Gasteiger partial charge in [0.2, 0.25) is 0 Å².